The molecule has 0 aliphatic rings. The van der Waals surface area contributed by atoms with Gasteiger partial charge in [0.15, 0.2) is 5.01 Å². The van der Waals surface area contributed by atoms with Crippen LogP contribution in [0.1, 0.15) is 5.01 Å². The third-order valence-electron chi connectivity index (χ3n) is 1.94. The molecule has 2 aromatic rings. The summed E-state index contributed by atoms with van der Waals surface area (Å²) in [4.78, 5) is 18.5. The van der Waals surface area contributed by atoms with Gasteiger partial charge in [0.25, 0.3) is 0 Å². The van der Waals surface area contributed by atoms with Crippen molar-refractivity contribution in [1.82, 2.24) is 4.98 Å². The highest BCUT2D eigenvalue weighted by Gasteiger charge is 2.03. The number of thioether (sulfide) groups is 1. The highest BCUT2D eigenvalue weighted by molar-refractivity contribution is 8.02. The van der Waals surface area contributed by atoms with Crippen LogP contribution in [-0.4, -0.2) is 11.0 Å². The molecule has 0 aliphatic carbocycles. The molecule has 0 amide bonds. The van der Waals surface area contributed by atoms with Crippen molar-refractivity contribution < 1.29 is 14.3 Å². The summed E-state index contributed by atoms with van der Waals surface area (Å²) in [5.41, 5.74) is 0.757. The first kappa shape index (κ1) is 12.5. The van der Waals surface area contributed by atoms with Crippen molar-refractivity contribution in [3.8, 4) is 6.07 Å². The van der Waals surface area contributed by atoms with Crippen molar-refractivity contribution in [2.24, 2.45) is 0 Å². The van der Waals surface area contributed by atoms with E-state index in [4.69, 9.17) is 5.26 Å². The molecule has 4 nitrogen and oxygen atoms in total. The van der Waals surface area contributed by atoms with Gasteiger partial charge in [-0.2, -0.15) is 5.26 Å². The monoisotopic (exact) mass is 280 g/mol. The van der Waals surface area contributed by atoms with Gasteiger partial charge in [0.05, 0.1) is 10.2 Å². The number of nitriles is 1. The second-order valence-electron chi connectivity index (χ2n) is 3.08. The van der Waals surface area contributed by atoms with Crippen molar-refractivity contribution in [3.05, 3.63) is 34.7 Å². The van der Waals surface area contributed by atoms with E-state index in [0.29, 0.717) is 5.01 Å². The zero-order valence-electron chi connectivity index (χ0n) is 8.79. The molecule has 18 heavy (non-hydrogen) atoms. The van der Waals surface area contributed by atoms with Gasteiger partial charge in [0.1, 0.15) is 6.07 Å². The SMILES string of the molecule is N#Cc1nc2ccc(S/C=C/C(=O)OF)cc2s1. The molecular weight excluding hydrogens is 275 g/mol. The first-order valence-electron chi connectivity index (χ1n) is 4.69. The predicted octanol–water partition coefficient (Wildman–Crippen LogP) is 3.20. The minimum absolute atomic E-state index is 0.406. The molecule has 0 unspecified atom stereocenters. The van der Waals surface area contributed by atoms with E-state index in [1.807, 2.05) is 12.1 Å². The normalized spacial score (nSPS) is 10.7. The Morgan fingerprint density at radius 2 is 2.44 bits per heavy atom. The molecular formula is C11H5FN2O2S2. The fourth-order valence-electron chi connectivity index (χ4n) is 1.22. The van der Waals surface area contributed by atoms with Gasteiger partial charge in [-0.15, -0.1) is 11.3 Å². The van der Waals surface area contributed by atoms with Crippen LogP contribution in [-0.2, 0) is 9.74 Å². The van der Waals surface area contributed by atoms with Gasteiger partial charge in [0, 0.05) is 15.5 Å². The second kappa shape index (κ2) is 5.62. The second-order valence-corrected chi connectivity index (χ2v) is 5.09. The van der Waals surface area contributed by atoms with Crippen LogP contribution in [0.4, 0.5) is 4.53 Å². The summed E-state index contributed by atoms with van der Waals surface area (Å²) >= 11 is 2.54. The van der Waals surface area contributed by atoms with Crippen molar-refractivity contribution in [1.29, 1.82) is 5.26 Å². The summed E-state index contributed by atoms with van der Waals surface area (Å²) in [6.07, 6.45) is 0.988. The highest BCUT2D eigenvalue weighted by Crippen LogP contribution is 2.27. The molecule has 0 fully saturated rings. The van der Waals surface area contributed by atoms with E-state index < -0.39 is 5.97 Å². The van der Waals surface area contributed by atoms with Crippen LogP contribution in [0.5, 0.6) is 0 Å². The largest absolute Gasteiger partial charge is 0.372 e. The van der Waals surface area contributed by atoms with E-state index >= 15 is 0 Å². The smallest absolute Gasteiger partial charge is 0.250 e. The number of thiazole rings is 1. The zero-order valence-corrected chi connectivity index (χ0v) is 10.4. The van der Waals surface area contributed by atoms with Crippen LogP contribution in [0.15, 0.2) is 34.6 Å². The Labute approximate surface area is 110 Å². The molecule has 2 rings (SSSR count). The average Bonchev–Trinajstić information content (AvgIpc) is 2.80. The summed E-state index contributed by atoms with van der Waals surface area (Å²) < 4.78 is 12.3. The maximum absolute atomic E-state index is 11.4. The third-order valence-corrected chi connectivity index (χ3v) is 3.66. The Morgan fingerprint density at radius 3 is 3.17 bits per heavy atom. The van der Waals surface area contributed by atoms with E-state index in [9.17, 15) is 9.32 Å². The van der Waals surface area contributed by atoms with E-state index in [2.05, 4.69) is 9.93 Å². The number of halogens is 1. The van der Waals surface area contributed by atoms with Gasteiger partial charge in [-0.1, -0.05) is 11.8 Å². The molecule has 0 saturated heterocycles. The minimum atomic E-state index is -1.05. The molecule has 0 bridgehead atoms. The highest BCUT2D eigenvalue weighted by atomic mass is 32.2. The first-order valence-corrected chi connectivity index (χ1v) is 6.39. The third kappa shape index (κ3) is 2.85. The Kier molecular flexibility index (Phi) is 3.92. The predicted molar refractivity (Wildman–Crippen MR) is 66.5 cm³/mol. The summed E-state index contributed by atoms with van der Waals surface area (Å²) in [5.74, 6) is -1.05. The van der Waals surface area contributed by atoms with Gasteiger partial charge in [-0.3, -0.25) is 4.94 Å². The minimum Gasteiger partial charge on any atom is -0.250 e. The van der Waals surface area contributed by atoms with Crippen LogP contribution < -0.4 is 0 Å². The summed E-state index contributed by atoms with van der Waals surface area (Å²) in [6.45, 7) is 0. The van der Waals surface area contributed by atoms with Crippen molar-refractivity contribution in [2.45, 2.75) is 4.90 Å². The van der Waals surface area contributed by atoms with E-state index in [1.165, 1.54) is 28.5 Å². The van der Waals surface area contributed by atoms with Gasteiger partial charge >= 0.3 is 5.97 Å². The van der Waals surface area contributed by atoms with Crippen molar-refractivity contribution in [2.75, 3.05) is 0 Å². The summed E-state index contributed by atoms with van der Waals surface area (Å²) in [7, 11) is 0. The zero-order chi connectivity index (χ0) is 13.0. The van der Waals surface area contributed by atoms with Gasteiger partial charge in [-0.05, 0) is 23.6 Å². The number of aromatic nitrogens is 1. The van der Waals surface area contributed by atoms with Gasteiger partial charge in [0.2, 0.25) is 0 Å². The lowest BCUT2D eigenvalue weighted by molar-refractivity contribution is -0.176. The van der Waals surface area contributed by atoms with Gasteiger partial charge < -0.3 is 0 Å². The van der Waals surface area contributed by atoms with Gasteiger partial charge in [-0.25, -0.2) is 9.78 Å². The van der Waals surface area contributed by atoms with Crippen LogP contribution in [0.2, 0.25) is 0 Å². The molecule has 90 valence electrons. The molecule has 0 saturated carbocycles. The topological polar surface area (TPSA) is 63.0 Å². The number of carbonyl (C=O) groups excluding carboxylic acids is 1. The molecule has 0 spiro atoms. The van der Waals surface area contributed by atoms with E-state index in [0.717, 1.165) is 21.2 Å². The maximum atomic E-state index is 11.4. The number of rotatable bonds is 3. The number of hydrogen-bond acceptors (Lipinski definition) is 6. The Bertz CT molecular complexity index is 661. The van der Waals surface area contributed by atoms with Crippen molar-refractivity contribution >= 4 is 39.3 Å². The summed E-state index contributed by atoms with van der Waals surface area (Å²) in [6, 6.07) is 7.43. The lowest BCUT2D eigenvalue weighted by atomic mass is 10.3. The molecule has 1 heterocycles. The number of hydrogen-bond donors (Lipinski definition) is 0. The van der Waals surface area contributed by atoms with E-state index in [-0.39, 0.29) is 0 Å². The van der Waals surface area contributed by atoms with E-state index in [1.54, 1.807) is 12.1 Å². The fourth-order valence-corrected chi connectivity index (χ4v) is 2.77. The molecule has 0 atom stereocenters. The maximum Gasteiger partial charge on any atom is 0.372 e. The fraction of sp³-hybridized carbons (Fsp3) is 0. The molecule has 0 radical (unpaired) electrons. The van der Waals surface area contributed by atoms with Crippen molar-refractivity contribution in [3.63, 3.8) is 0 Å². The molecule has 1 aromatic heterocycles. The average molecular weight is 280 g/mol. The van der Waals surface area contributed by atoms with Crippen LogP contribution in [0.3, 0.4) is 0 Å². The van der Waals surface area contributed by atoms with Crippen LogP contribution >= 0.6 is 23.1 Å². The lowest BCUT2D eigenvalue weighted by Crippen LogP contribution is -1.88. The Morgan fingerprint density at radius 1 is 1.61 bits per heavy atom. The molecule has 0 N–H and O–H groups in total. The molecule has 0 aliphatic heterocycles. The number of fused-ring (bicyclic) bond motifs is 1. The lowest BCUT2D eigenvalue weighted by Gasteiger charge is -1.94. The number of benzene rings is 1. The Balaban J connectivity index is 2.17. The quantitative estimate of drug-likeness (QED) is 0.638. The molecule has 1 aromatic carbocycles. The number of nitrogens with zero attached hydrogens (tertiary/aromatic N) is 2. The standard InChI is InChI=1S/C11H5FN2O2S2/c12-16-11(15)3-4-17-7-1-2-8-9(5-7)18-10(6-13)14-8/h1-5H/b4-3+. The Hall–Kier alpha value is -1.91. The molecule has 7 heteroatoms. The van der Waals surface area contributed by atoms with Crippen LogP contribution in [0, 0.1) is 11.3 Å². The first-order chi connectivity index (χ1) is 8.72. The van der Waals surface area contributed by atoms with Crippen LogP contribution in [0.25, 0.3) is 10.2 Å². The summed E-state index contributed by atoms with van der Waals surface area (Å²) in [5, 5.41) is 10.6. The number of carbonyl (C=O) groups is 1.